The van der Waals surface area contributed by atoms with Crippen molar-refractivity contribution < 1.29 is 9.15 Å². The van der Waals surface area contributed by atoms with Gasteiger partial charge in [0.15, 0.2) is 11.3 Å². The molecule has 0 unspecified atom stereocenters. The van der Waals surface area contributed by atoms with Crippen LogP contribution in [0.4, 0.5) is 0 Å². The first-order chi connectivity index (χ1) is 12.8. The summed E-state index contributed by atoms with van der Waals surface area (Å²) >= 11 is 0. The summed E-state index contributed by atoms with van der Waals surface area (Å²) in [6.45, 7) is 1.49. The first-order valence-electron chi connectivity index (χ1n) is 8.44. The summed E-state index contributed by atoms with van der Waals surface area (Å²) in [4.78, 5) is 8.21. The maximum Gasteiger partial charge on any atom is 0.176 e. The van der Waals surface area contributed by atoms with Crippen LogP contribution in [0.25, 0.3) is 22.3 Å². The third-order valence-electron chi connectivity index (χ3n) is 4.29. The number of pyridine rings is 2. The van der Waals surface area contributed by atoms with E-state index < -0.39 is 0 Å². The molecular formula is C21H19N3O2. The van der Waals surface area contributed by atoms with Crippen molar-refractivity contribution in [1.82, 2.24) is 15.3 Å². The number of benzene rings is 1. The molecule has 0 aliphatic heterocycles. The molecule has 0 bridgehead atoms. The van der Waals surface area contributed by atoms with E-state index in [4.69, 9.17) is 9.15 Å². The molecule has 0 aliphatic rings. The standard InChI is InChI=1S/C21H19N3O2/c1-25-19-5-4-17(14-24-13-15-3-2-8-23-12-15)18-11-20(26-21(18)19)16-6-9-22-10-7-16/h2-12,24H,13-14H2,1H3. The summed E-state index contributed by atoms with van der Waals surface area (Å²) in [6, 6.07) is 14.0. The Balaban J connectivity index is 1.63. The molecule has 0 saturated carbocycles. The Hall–Kier alpha value is -3.18. The van der Waals surface area contributed by atoms with E-state index in [-0.39, 0.29) is 0 Å². The van der Waals surface area contributed by atoms with Gasteiger partial charge in [0, 0.05) is 48.8 Å². The third kappa shape index (κ3) is 3.30. The predicted octanol–water partition coefficient (Wildman–Crippen LogP) is 4.19. The first-order valence-corrected chi connectivity index (χ1v) is 8.44. The van der Waals surface area contributed by atoms with Crippen LogP contribution in [-0.2, 0) is 13.1 Å². The zero-order chi connectivity index (χ0) is 17.8. The van der Waals surface area contributed by atoms with Crippen LogP contribution in [0.5, 0.6) is 5.75 Å². The molecule has 26 heavy (non-hydrogen) atoms. The zero-order valence-corrected chi connectivity index (χ0v) is 14.5. The molecule has 0 spiro atoms. The topological polar surface area (TPSA) is 60.2 Å². The molecule has 130 valence electrons. The van der Waals surface area contributed by atoms with Gasteiger partial charge in [0.2, 0.25) is 0 Å². The number of rotatable bonds is 6. The Morgan fingerprint density at radius 3 is 2.65 bits per heavy atom. The Bertz CT molecular complexity index is 998. The van der Waals surface area contributed by atoms with E-state index in [2.05, 4.69) is 33.5 Å². The second kappa shape index (κ2) is 7.37. The summed E-state index contributed by atoms with van der Waals surface area (Å²) < 4.78 is 11.6. The Labute approximate surface area is 151 Å². The normalized spacial score (nSPS) is 11.0. The van der Waals surface area contributed by atoms with E-state index in [1.54, 1.807) is 25.7 Å². The van der Waals surface area contributed by atoms with E-state index in [9.17, 15) is 0 Å². The summed E-state index contributed by atoms with van der Waals surface area (Å²) in [5, 5.41) is 4.51. The van der Waals surface area contributed by atoms with Gasteiger partial charge in [-0.2, -0.15) is 0 Å². The largest absolute Gasteiger partial charge is 0.493 e. The van der Waals surface area contributed by atoms with Crippen molar-refractivity contribution in [3.05, 3.63) is 78.4 Å². The monoisotopic (exact) mass is 345 g/mol. The van der Waals surface area contributed by atoms with Crippen molar-refractivity contribution in [2.75, 3.05) is 7.11 Å². The van der Waals surface area contributed by atoms with Gasteiger partial charge in [0.25, 0.3) is 0 Å². The summed E-state index contributed by atoms with van der Waals surface area (Å²) in [5.41, 5.74) is 4.07. The Morgan fingerprint density at radius 2 is 1.88 bits per heavy atom. The number of hydrogen-bond acceptors (Lipinski definition) is 5. The first kappa shape index (κ1) is 16.3. The Kier molecular flexibility index (Phi) is 4.62. The minimum absolute atomic E-state index is 0.727. The van der Waals surface area contributed by atoms with Crippen molar-refractivity contribution in [2.24, 2.45) is 0 Å². The van der Waals surface area contributed by atoms with Gasteiger partial charge in [-0.05, 0) is 41.5 Å². The van der Waals surface area contributed by atoms with Crippen LogP contribution in [-0.4, -0.2) is 17.1 Å². The van der Waals surface area contributed by atoms with Gasteiger partial charge >= 0.3 is 0 Å². The minimum Gasteiger partial charge on any atom is -0.493 e. The van der Waals surface area contributed by atoms with Crippen LogP contribution in [0.15, 0.2) is 71.7 Å². The van der Waals surface area contributed by atoms with Gasteiger partial charge in [-0.25, -0.2) is 0 Å². The lowest BCUT2D eigenvalue weighted by Gasteiger charge is -2.08. The highest BCUT2D eigenvalue weighted by Gasteiger charge is 2.14. The quantitative estimate of drug-likeness (QED) is 0.568. The second-order valence-corrected chi connectivity index (χ2v) is 5.98. The van der Waals surface area contributed by atoms with Gasteiger partial charge in [-0.1, -0.05) is 12.1 Å². The number of furan rings is 1. The molecule has 0 saturated heterocycles. The highest BCUT2D eigenvalue weighted by molar-refractivity contribution is 5.90. The number of aromatic nitrogens is 2. The van der Waals surface area contributed by atoms with Gasteiger partial charge in [-0.15, -0.1) is 0 Å². The predicted molar refractivity (Wildman–Crippen MR) is 101 cm³/mol. The lowest BCUT2D eigenvalue weighted by Crippen LogP contribution is -2.12. The molecule has 0 aliphatic carbocycles. The van der Waals surface area contributed by atoms with Gasteiger partial charge in [-0.3, -0.25) is 9.97 Å². The van der Waals surface area contributed by atoms with Crippen molar-refractivity contribution in [3.8, 4) is 17.1 Å². The number of nitrogens with one attached hydrogen (secondary N) is 1. The number of hydrogen-bond donors (Lipinski definition) is 1. The summed E-state index contributed by atoms with van der Waals surface area (Å²) in [6.07, 6.45) is 7.17. The molecule has 0 fully saturated rings. The fraction of sp³-hybridized carbons (Fsp3) is 0.143. The van der Waals surface area contributed by atoms with E-state index >= 15 is 0 Å². The molecule has 0 amide bonds. The molecule has 4 rings (SSSR count). The number of methoxy groups -OCH3 is 1. The minimum atomic E-state index is 0.727. The summed E-state index contributed by atoms with van der Waals surface area (Å²) in [7, 11) is 1.66. The van der Waals surface area contributed by atoms with Crippen LogP contribution in [0.3, 0.4) is 0 Å². The van der Waals surface area contributed by atoms with Gasteiger partial charge < -0.3 is 14.5 Å². The zero-order valence-electron chi connectivity index (χ0n) is 14.5. The van der Waals surface area contributed by atoms with Gasteiger partial charge in [0.1, 0.15) is 5.76 Å². The van der Waals surface area contributed by atoms with E-state index in [1.807, 2.05) is 30.5 Å². The van der Waals surface area contributed by atoms with E-state index in [0.717, 1.165) is 52.3 Å². The fourth-order valence-corrected chi connectivity index (χ4v) is 2.97. The second-order valence-electron chi connectivity index (χ2n) is 5.98. The average Bonchev–Trinajstić information content (AvgIpc) is 3.15. The summed E-state index contributed by atoms with van der Waals surface area (Å²) in [5.74, 6) is 1.54. The van der Waals surface area contributed by atoms with Crippen LogP contribution in [0, 0.1) is 0 Å². The van der Waals surface area contributed by atoms with E-state index in [0.29, 0.717) is 0 Å². The molecule has 0 radical (unpaired) electrons. The van der Waals surface area contributed by atoms with Crippen molar-refractivity contribution >= 4 is 11.0 Å². The van der Waals surface area contributed by atoms with E-state index in [1.165, 1.54) is 0 Å². The molecule has 5 nitrogen and oxygen atoms in total. The van der Waals surface area contributed by atoms with Crippen LogP contribution in [0.1, 0.15) is 11.1 Å². The maximum absolute atomic E-state index is 6.09. The van der Waals surface area contributed by atoms with Crippen molar-refractivity contribution in [3.63, 3.8) is 0 Å². The van der Waals surface area contributed by atoms with Crippen LogP contribution >= 0.6 is 0 Å². The fourth-order valence-electron chi connectivity index (χ4n) is 2.97. The number of nitrogens with zero attached hydrogens (tertiary/aromatic N) is 2. The van der Waals surface area contributed by atoms with Crippen LogP contribution in [0.2, 0.25) is 0 Å². The molecule has 3 heterocycles. The van der Waals surface area contributed by atoms with Crippen LogP contribution < -0.4 is 10.1 Å². The molecule has 4 aromatic rings. The SMILES string of the molecule is COc1ccc(CNCc2cccnc2)c2cc(-c3ccncc3)oc12. The number of ether oxygens (including phenoxy) is 1. The third-order valence-corrected chi connectivity index (χ3v) is 4.29. The molecule has 3 aromatic heterocycles. The average molecular weight is 345 g/mol. The highest BCUT2D eigenvalue weighted by atomic mass is 16.5. The number of fused-ring (bicyclic) bond motifs is 1. The van der Waals surface area contributed by atoms with Crippen molar-refractivity contribution in [2.45, 2.75) is 13.1 Å². The lowest BCUT2D eigenvalue weighted by atomic mass is 10.1. The highest BCUT2D eigenvalue weighted by Crippen LogP contribution is 2.35. The van der Waals surface area contributed by atoms with Gasteiger partial charge in [0.05, 0.1) is 7.11 Å². The Morgan fingerprint density at radius 1 is 1.00 bits per heavy atom. The molecule has 1 N–H and O–H groups in total. The van der Waals surface area contributed by atoms with Crippen molar-refractivity contribution in [1.29, 1.82) is 0 Å². The molecule has 5 heteroatoms. The molecule has 1 aromatic carbocycles. The molecular weight excluding hydrogens is 326 g/mol. The maximum atomic E-state index is 6.09. The smallest absolute Gasteiger partial charge is 0.176 e. The lowest BCUT2D eigenvalue weighted by molar-refractivity contribution is 0.411. The molecule has 0 atom stereocenters.